The lowest BCUT2D eigenvalue weighted by Crippen LogP contribution is -2.13. The van der Waals surface area contributed by atoms with Crippen LogP contribution in [-0.4, -0.2) is 24.5 Å². The second kappa shape index (κ2) is 10.2. The topological polar surface area (TPSA) is 116 Å². The number of aromatic nitrogens is 1. The zero-order valence-electron chi connectivity index (χ0n) is 18.4. The molecule has 0 aliphatic carbocycles. The molecule has 2 aromatic carbocycles. The van der Waals surface area contributed by atoms with Crippen LogP contribution in [0.15, 0.2) is 46.5 Å². The quantitative estimate of drug-likeness (QED) is 0.357. The van der Waals surface area contributed by atoms with Gasteiger partial charge in [0.05, 0.1) is 11.6 Å². The number of benzene rings is 2. The summed E-state index contributed by atoms with van der Waals surface area (Å²) in [4.78, 5) is 12.5. The first kappa shape index (κ1) is 23.0. The average molecular weight is 482 g/mol. The van der Waals surface area contributed by atoms with Gasteiger partial charge >= 0.3 is 0 Å². The van der Waals surface area contributed by atoms with Gasteiger partial charge in [0.15, 0.2) is 28.8 Å². The Balaban J connectivity index is 1.54. The van der Waals surface area contributed by atoms with Crippen LogP contribution in [0.5, 0.6) is 23.0 Å². The van der Waals surface area contributed by atoms with E-state index in [-0.39, 0.29) is 29.8 Å². The molecule has 34 heavy (non-hydrogen) atoms. The Morgan fingerprint density at radius 3 is 2.79 bits per heavy atom. The molecule has 1 aliphatic heterocycles. The van der Waals surface area contributed by atoms with Crippen molar-refractivity contribution in [1.82, 2.24) is 5.16 Å². The number of nitriles is 1. The summed E-state index contributed by atoms with van der Waals surface area (Å²) in [6.07, 6.45) is 1.40. The van der Waals surface area contributed by atoms with E-state index in [4.69, 9.17) is 35.1 Å². The lowest BCUT2D eigenvalue weighted by molar-refractivity contribution is -0.112. The normalized spacial score (nSPS) is 12.2. The first-order valence-corrected chi connectivity index (χ1v) is 10.7. The fourth-order valence-electron chi connectivity index (χ4n) is 3.18. The summed E-state index contributed by atoms with van der Waals surface area (Å²) in [5.74, 6) is 2.18. The second-order valence-electron chi connectivity index (χ2n) is 7.19. The van der Waals surface area contributed by atoms with Gasteiger partial charge in [0.25, 0.3) is 5.91 Å². The monoisotopic (exact) mass is 481 g/mol. The van der Waals surface area contributed by atoms with Crippen LogP contribution < -0.4 is 24.3 Å². The number of nitrogens with zero attached hydrogens (tertiary/aromatic N) is 2. The number of ether oxygens (including phenoxy) is 4. The van der Waals surface area contributed by atoms with Gasteiger partial charge < -0.3 is 28.8 Å². The smallest absolute Gasteiger partial charge is 0.267 e. The van der Waals surface area contributed by atoms with E-state index < -0.39 is 5.91 Å². The number of carbonyl (C=O) groups is 1. The highest BCUT2D eigenvalue weighted by Gasteiger charge is 2.17. The van der Waals surface area contributed by atoms with E-state index in [1.165, 1.54) is 6.08 Å². The molecule has 1 N–H and O–H groups in total. The number of hydrogen-bond acceptors (Lipinski definition) is 8. The molecule has 0 spiro atoms. The van der Waals surface area contributed by atoms with Crippen molar-refractivity contribution in [3.63, 3.8) is 0 Å². The van der Waals surface area contributed by atoms with Crippen LogP contribution in [0, 0.1) is 18.3 Å². The predicted octanol–water partition coefficient (Wildman–Crippen LogP) is 4.89. The molecule has 4 rings (SSSR count). The maximum absolute atomic E-state index is 12.5. The summed E-state index contributed by atoms with van der Waals surface area (Å²) < 4.78 is 27.3. The number of anilines is 1. The Morgan fingerprint density at radius 2 is 2.06 bits per heavy atom. The molecule has 1 aromatic heterocycles. The number of rotatable bonds is 8. The summed E-state index contributed by atoms with van der Waals surface area (Å²) in [5, 5.41) is 16.0. The van der Waals surface area contributed by atoms with Gasteiger partial charge in [0, 0.05) is 6.07 Å². The minimum atomic E-state index is -0.631. The molecule has 0 saturated heterocycles. The van der Waals surface area contributed by atoms with Crippen molar-refractivity contribution in [2.24, 2.45) is 0 Å². The van der Waals surface area contributed by atoms with Crippen molar-refractivity contribution in [3.8, 4) is 29.1 Å². The van der Waals surface area contributed by atoms with Crippen LogP contribution >= 0.6 is 11.6 Å². The standard InChI is InChI=1S/C24H20ClN3O6/c1-3-30-21-10-16(7-17(11-26)24(29)27-22-6-14(2)34-28-22)8-18(25)23(21)31-12-15-4-5-19-20(9-15)33-13-32-19/h4-10H,3,12-13H2,1-2H3,(H,27,28,29)/b17-7-. The van der Waals surface area contributed by atoms with E-state index in [2.05, 4.69) is 10.5 Å². The van der Waals surface area contributed by atoms with Gasteiger partial charge in [0.2, 0.25) is 6.79 Å². The van der Waals surface area contributed by atoms with Gasteiger partial charge in [-0.3, -0.25) is 4.79 Å². The van der Waals surface area contributed by atoms with Crippen LogP contribution in [0.2, 0.25) is 5.02 Å². The fraction of sp³-hybridized carbons (Fsp3) is 0.208. The summed E-state index contributed by atoms with van der Waals surface area (Å²) >= 11 is 6.48. The van der Waals surface area contributed by atoms with Crippen molar-refractivity contribution in [2.75, 3.05) is 18.7 Å². The SMILES string of the molecule is CCOc1cc(/C=C(/C#N)C(=O)Nc2cc(C)on2)cc(Cl)c1OCc1ccc2c(c1)OCO2. The maximum Gasteiger partial charge on any atom is 0.267 e. The minimum absolute atomic E-state index is 0.145. The zero-order valence-corrected chi connectivity index (χ0v) is 19.1. The lowest BCUT2D eigenvalue weighted by Gasteiger charge is -2.15. The van der Waals surface area contributed by atoms with E-state index in [0.717, 1.165) is 5.56 Å². The molecule has 2 heterocycles. The van der Waals surface area contributed by atoms with Gasteiger partial charge in [-0.15, -0.1) is 0 Å². The van der Waals surface area contributed by atoms with Crippen molar-refractivity contribution in [1.29, 1.82) is 5.26 Å². The molecule has 3 aromatic rings. The number of carbonyl (C=O) groups excluding carboxylic acids is 1. The highest BCUT2D eigenvalue weighted by Crippen LogP contribution is 2.39. The first-order chi connectivity index (χ1) is 16.5. The largest absolute Gasteiger partial charge is 0.490 e. The van der Waals surface area contributed by atoms with Crippen molar-refractivity contribution < 1.29 is 28.3 Å². The highest BCUT2D eigenvalue weighted by atomic mass is 35.5. The summed E-state index contributed by atoms with van der Waals surface area (Å²) in [6, 6.07) is 12.2. The molecule has 0 radical (unpaired) electrons. The van der Waals surface area contributed by atoms with E-state index in [1.807, 2.05) is 31.2 Å². The Bertz CT molecular complexity index is 1290. The molecular weight excluding hydrogens is 462 g/mol. The third-order valence-corrected chi connectivity index (χ3v) is 4.98. The van der Waals surface area contributed by atoms with Crippen LogP contribution in [0.1, 0.15) is 23.8 Å². The van der Waals surface area contributed by atoms with Crippen LogP contribution in [0.25, 0.3) is 6.08 Å². The molecule has 174 valence electrons. The van der Waals surface area contributed by atoms with Crippen LogP contribution in [-0.2, 0) is 11.4 Å². The average Bonchev–Trinajstić information content (AvgIpc) is 3.45. The molecule has 0 unspecified atom stereocenters. The molecule has 9 nitrogen and oxygen atoms in total. The van der Waals surface area contributed by atoms with Gasteiger partial charge in [-0.25, -0.2) is 0 Å². The van der Waals surface area contributed by atoms with Crippen LogP contribution in [0.4, 0.5) is 5.82 Å². The molecule has 0 atom stereocenters. The number of halogens is 1. The summed E-state index contributed by atoms with van der Waals surface area (Å²) in [7, 11) is 0. The van der Waals surface area contributed by atoms with Crippen molar-refractivity contribution in [2.45, 2.75) is 20.5 Å². The van der Waals surface area contributed by atoms with Gasteiger partial charge in [-0.2, -0.15) is 5.26 Å². The third kappa shape index (κ3) is 5.24. The Labute approximate surface area is 200 Å². The third-order valence-electron chi connectivity index (χ3n) is 4.70. The summed E-state index contributed by atoms with van der Waals surface area (Å²) in [6.45, 7) is 4.29. The van der Waals surface area contributed by atoms with E-state index in [9.17, 15) is 10.1 Å². The molecule has 1 aliphatic rings. The molecule has 0 fully saturated rings. The van der Waals surface area contributed by atoms with Gasteiger partial charge in [-0.05, 0) is 55.3 Å². The maximum atomic E-state index is 12.5. The number of aryl methyl sites for hydroxylation is 1. The van der Waals surface area contributed by atoms with Gasteiger partial charge in [-0.1, -0.05) is 22.8 Å². The molecule has 10 heteroatoms. The Hall–Kier alpha value is -4.16. The summed E-state index contributed by atoms with van der Waals surface area (Å²) in [5.41, 5.74) is 1.21. The van der Waals surface area contributed by atoms with E-state index in [1.54, 1.807) is 25.1 Å². The number of amides is 1. The molecule has 1 amide bonds. The number of nitrogens with one attached hydrogen (secondary N) is 1. The number of hydrogen-bond donors (Lipinski definition) is 1. The second-order valence-corrected chi connectivity index (χ2v) is 7.59. The van der Waals surface area contributed by atoms with E-state index in [0.29, 0.717) is 40.9 Å². The Morgan fingerprint density at radius 1 is 1.24 bits per heavy atom. The fourth-order valence-corrected chi connectivity index (χ4v) is 3.46. The van der Waals surface area contributed by atoms with Crippen molar-refractivity contribution in [3.05, 3.63) is 63.9 Å². The molecule has 0 bridgehead atoms. The minimum Gasteiger partial charge on any atom is -0.490 e. The van der Waals surface area contributed by atoms with Crippen molar-refractivity contribution >= 4 is 29.4 Å². The highest BCUT2D eigenvalue weighted by molar-refractivity contribution is 6.32. The first-order valence-electron chi connectivity index (χ1n) is 10.3. The zero-order chi connectivity index (χ0) is 24.1. The van der Waals surface area contributed by atoms with Gasteiger partial charge in [0.1, 0.15) is 24.0 Å². The van der Waals surface area contributed by atoms with Crippen LogP contribution in [0.3, 0.4) is 0 Å². The molecule has 0 saturated carbocycles. The Kier molecular flexibility index (Phi) is 6.90. The lowest BCUT2D eigenvalue weighted by atomic mass is 10.1. The molecular formula is C24H20ClN3O6. The predicted molar refractivity (Wildman–Crippen MR) is 123 cm³/mol. The number of fused-ring (bicyclic) bond motifs is 1. The van der Waals surface area contributed by atoms with E-state index >= 15 is 0 Å².